The van der Waals surface area contributed by atoms with Gasteiger partial charge < -0.3 is 13.6 Å². The molecule has 52 heavy (non-hydrogen) atoms. The molecule has 3 heterocycles. The number of hydrogen-bond acceptors (Lipinski definition) is 2. The lowest BCUT2D eigenvalue weighted by Gasteiger charge is -2.22. The summed E-state index contributed by atoms with van der Waals surface area (Å²) in [4.78, 5) is 4.16. The van der Waals surface area contributed by atoms with Crippen LogP contribution < -0.4 is 0 Å². The highest BCUT2D eigenvalue weighted by atomic mass is 16.3. The minimum absolute atomic E-state index is 0.216. The van der Waals surface area contributed by atoms with Crippen LogP contribution in [-0.4, -0.2) is 9.13 Å². The number of fused-ring (bicyclic) bond motifs is 12. The van der Waals surface area contributed by atoms with Gasteiger partial charge >= 0.3 is 0 Å². The number of hydrogen-bond donors (Lipinski definition) is 0. The van der Waals surface area contributed by atoms with Gasteiger partial charge in [-0.25, -0.2) is 4.85 Å². The average Bonchev–Trinajstić information content (AvgIpc) is 3.88. The smallest absolute Gasteiger partial charge is 0.212 e. The Morgan fingerprint density at radius 2 is 1.19 bits per heavy atom. The normalized spacial score (nSPS) is 13.3. The van der Waals surface area contributed by atoms with Gasteiger partial charge in [-0.05, 0) is 70.8 Å². The molecule has 0 atom stereocenters. The van der Waals surface area contributed by atoms with Gasteiger partial charge in [0, 0.05) is 43.8 Å². The molecule has 0 radical (unpaired) electrons. The molecule has 11 rings (SSSR count). The Hall–Kier alpha value is -7.08. The third-order valence-corrected chi connectivity index (χ3v) is 11.4. The Labute approximate surface area is 298 Å². The molecule has 0 unspecified atom stereocenters. The molecule has 1 aliphatic rings. The van der Waals surface area contributed by atoms with Crippen LogP contribution in [0.1, 0.15) is 30.5 Å². The molecular weight excluding hydrogens is 637 g/mol. The Bertz CT molecular complexity index is 3250. The molecule has 0 amide bonds. The van der Waals surface area contributed by atoms with Gasteiger partial charge in [-0.15, -0.1) is 0 Å². The van der Waals surface area contributed by atoms with Gasteiger partial charge in [0.25, 0.3) is 0 Å². The molecule has 5 nitrogen and oxygen atoms in total. The summed E-state index contributed by atoms with van der Waals surface area (Å²) in [6.07, 6.45) is 0. The molecule has 7 aromatic carbocycles. The predicted molar refractivity (Wildman–Crippen MR) is 211 cm³/mol. The van der Waals surface area contributed by atoms with Gasteiger partial charge in [0.05, 0.1) is 45.6 Å². The monoisotopic (exact) mass is 664 g/mol. The van der Waals surface area contributed by atoms with Crippen molar-refractivity contribution < 1.29 is 4.42 Å². The number of nitriles is 1. The minimum Gasteiger partial charge on any atom is -0.456 e. The molecule has 0 aliphatic heterocycles. The van der Waals surface area contributed by atoms with Crippen molar-refractivity contribution in [2.75, 3.05) is 0 Å². The summed E-state index contributed by atoms with van der Waals surface area (Å²) >= 11 is 0. The van der Waals surface area contributed by atoms with Crippen molar-refractivity contribution >= 4 is 71.2 Å². The summed E-state index contributed by atoms with van der Waals surface area (Å²) in [5.41, 5.74) is 12.6. The van der Waals surface area contributed by atoms with E-state index in [1.54, 1.807) is 0 Å². The van der Waals surface area contributed by atoms with Crippen LogP contribution in [0.25, 0.3) is 92.9 Å². The van der Waals surface area contributed by atoms with E-state index in [1.807, 2.05) is 54.6 Å². The zero-order chi connectivity index (χ0) is 34.9. The lowest BCUT2D eigenvalue weighted by atomic mass is 9.82. The fraction of sp³-hybridized carbons (Fsp3) is 0.0638. The van der Waals surface area contributed by atoms with Crippen LogP contribution in [0.4, 0.5) is 5.69 Å². The SMILES string of the molecule is [C-]#[N+]c1cc(-n2c3ccccc3c3ccccc32)c(C#N)cc1-n1c2cc3c(cc2c2cc4c(cc21)oc1ccccc14)-c1ccccc1C3(C)C. The summed E-state index contributed by atoms with van der Waals surface area (Å²) < 4.78 is 10.7. The summed E-state index contributed by atoms with van der Waals surface area (Å²) in [7, 11) is 0. The van der Waals surface area contributed by atoms with E-state index in [0.29, 0.717) is 22.6 Å². The molecule has 0 N–H and O–H groups in total. The van der Waals surface area contributed by atoms with Crippen molar-refractivity contribution in [2.45, 2.75) is 19.3 Å². The zero-order valence-electron chi connectivity index (χ0n) is 28.4. The van der Waals surface area contributed by atoms with Crippen molar-refractivity contribution in [3.8, 4) is 28.6 Å². The number of benzene rings is 7. The first-order valence-electron chi connectivity index (χ1n) is 17.4. The Morgan fingerprint density at radius 1 is 0.558 bits per heavy atom. The first-order valence-corrected chi connectivity index (χ1v) is 17.4. The van der Waals surface area contributed by atoms with Crippen LogP contribution in [0.3, 0.4) is 0 Å². The fourth-order valence-electron chi connectivity index (χ4n) is 8.98. The number of para-hydroxylation sites is 3. The van der Waals surface area contributed by atoms with E-state index in [0.717, 1.165) is 65.6 Å². The van der Waals surface area contributed by atoms with E-state index in [4.69, 9.17) is 11.0 Å². The van der Waals surface area contributed by atoms with Gasteiger partial charge in [-0.2, -0.15) is 5.26 Å². The van der Waals surface area contributed by atoms with E-state index in [2.05, 4.69) is 113 Å². The van der Waals surface area contributed by atoms with Crippen LogP contribution in [0, 0.1) is 17.9 Å². The second kappa shape index (κ2) is 10.0. The summed E-state index contributed by atoms with van der Waals surface area (Å²) in [5.74, 6) is 0. The highest BCUT2D eigenvalue weighted by molar-refractivity contribution is 6.19. The largest absolute Gasteiger partial charge is 0.456 e. The maximum atomic E-state index is 10.8. The second-order valence-corrected chi connectivity index (χ2v) is 14.3. The van der Waals surface area contributed by atoms with Crippen molar-refractivity contribution in [1.29, 1.82) is 5.26 Å². The van der Waals surface area contributed by atoms with Crippen LogP contribution in [0.15, 0.2) is 138 Å². The molecule has 0 spiro atoms. The second-order valence-electron chi connectivity index (χ2n) is 14.3. The molecule has 3 aromatic heterocycles. The Balaban J connectivity index is 1.27. The third kappa shape index (κ3) is 3.59. The van der Waals surface area contributed by atoms with Crippen LogP contribution >= 0.6 is 0 Å². The lowest BCUT2D eigenvalue weighted by Crippen LogP contribution is -2.15. The summed E-state index contributed by atoms with van der Waals surface area (Å²) in [5, 5.41) is 17.3. The van der Waals surface area contributed by atoms with Gasteiger partial charge in [-0.1, -0.05) is 92.7 Å². The lowest BCUT2D eigenvalue weighted by molar-refractivity contribution is 0.661. The van der Waals surface area contributed by atoms with Crippen molar-refractivity contribution in [3.05, 3.63) is 162 Å². The van der Waals surface area contributed by atoms with Crippen molar-refractivity contribution in [1.82, 2.24) is 9.13 Å². The number of furan rings is 1. The highest BCUT2D eigenvalue weighted by Gasteiger charge is 2.36. The average molecular weight is 665 g/mol. The molecule has 242 valence electrons. The minimum atomic E-state index is -0.216. The quantitative estimate of drug-likeness (QED) is 0.173. The van der Waals surface area contributed by atoms with Gasteiger partial charge in [0.2, 0.25) is 5.69 Å². The van der Waals surface area contributed by atoms with E-state index in [9.17, 15) is 5.26 Å². The Kier molecular flexibility index (Phi) is 5.53. The van der Waals surface area contributed by atoms with E-state index >= 15 is 0 Å². The molecular formula is C47H28N4O. The molecule has 0 saturated carbocycles. The third-order valence-electron chi connectivity index (χ3n) is 11.4. The Morgan fingerprint density at radius 3 is 1.94 bits per heavy atom. The van der Waals surface area contributed by atoms with E-state index in [1.165, 1.54) is 22.3 Å². The van der Waals surface area contributed by atoms with E-state index < -0.39 is 0 Å². The van der Waals surface area contributed by atoms with Gasteiger partial charge in [0.15, 0.2) is 0 Å². The van der Waals surface area contributed by atoms with Crippen LogP contribution in [0.2, 0.25) is 0 Å². The van der Waals surface area contributed by atoms with Crippen molar-refractivity contribution in [2.24, 2.45) is 0 Å². The maximum absolute atomic E-state index is 10.8. The van der Waals surface area contributed by atoms with E-state index in [-0.39, 0.29) is 5.41 Å². The zero-order valence-corrected chi connectivity index (χ0v) is 28.4. The summed E-state index contributed by atoms with van der Waals surface area (Å²) in [6, 6.07) is 48.6. The first-order chi connectivity index (χ1) is 25.5. The summed E-state index contributed by atoms with van der Waals surface area (Å²) in [6.45, 7) is 13.1. The number of aromatic nitrogens is 2. The standard InChI is InChI=1S/C47H28N4O/c1-47(2)36-16-8-4-12-28(36)32-21-33-34-22-35-31-15-7-11-19-45(31)52-46(35)25-43(34)51(42(33)23-37(32)47)44-20-27(26-48)41(24-38(44)49-3)50-39-17-9-5-13-29(39)30-14-6-10-18-40(30)50/h4-25H,1-2H3. The highest BCUT2D eigenvalue weighted by Crippen LogP contribution is 2.52. The number of rotatable bonds is 2. The molecule has 0 bridgehead atoms. The van der Waals surface area contributed by atoms with Crippen molar-refractivity contribution in [3.63, 3.8) is 0 Å². The van der Waals surface area contributed by atoms with Crippen LogP contribution in [-0.2, 0) is 5.41 Å². The molecule has 0 saturated heterocycles. The predicted octanol–water partition coefficient (Wildman–Crippen LogP) is 12.5. The maximum Gasteiger partial charge on any atom is 0.212 e. The molecule has 0 fully saturated rings. The molecule has 1 aliphatic carbocycles. The van der Waals surface area contributed by atoms with Gasteiger partial charge in [-0.3, -0.25) is 0 Å². The number of nitrogens with zero attached hydrogens (tertiary/aromatic N) is 4. The molecule has 5 heteroatoms. The van der Waals surface area contributed by atoms with Gasteiger partial charge in [0.1, 0.15) is 17.2 Å². The first kappa shape index (κ1) is 28.7. The topological polar surface area (TPSA) is 51.1 Å². The molecule has 10 aromatic rings. The van der Waals surface area contributed by atoms with Crippen LogP contribution in [0.5, 0.6) is 0 Å². The fourth-order valence-corrected chi connectivity index (χ4v) is 8.98.